The number of rotatable bonds is 6. The molecular weight excluding hydrogens is 368 g/mol. The first-order chi connectivity index (χ1) is 14.1. The maximum atomic E-state index is 12.4. The molecule has 0 spiro atoms. The highest BCUT2D eigenvalue weighted by Crippen LogP contribution is 2.36. The van der Waals surface area contributed by atoms with Crippen LogP contribution in [-0.4, -0.2) is 40.3 Å². The van der Waals surface area contributed by atoms with Crippen molar-refractivity contribution in [3.63, 3.8) is 0 Å². The lowest BCUT2D eigenvalue weighted by Gasteiger charge is -2.35. The maximum absolute atomic E-state index is 12.4. The van der Waals surface area contributed by atoms with Crippen molar-refractivity contribution in [1.29, 1.82) is 0 Å². The van der Waals surface area contributed by atoms with Crippen molar-refractivity contribution in [1.82, 2.24) is 19.5 Å². The highest BCUT2D eigenvalue weighted by molar-refractivity contribution is 5.45. The lowest BCUT2D eigenvalue weighted by molar-refractivity contribution is 0.134. The molecule has 154 valence electrons. The van der Waals surface area contributed by atoms with Crippen molar-refractivity contribution in [3.05, 3.63) is 57.6 Å². The molecule has 7 nitrogen and oxygen atoms in total. The molecule has 1 aromatic carbocycles. The van der Waals surface area contributed by atoms with E-state index >= 15 is 0 Å². The van der Waals surface area contributed by atoms with E-state index in [1.54, 1.807) is 24.8 Å². The average molecular weight is 396 g/mol. The number of H-pyrrole nitrogens is 1. The van der Waals surface area contributed by atoms with Gasteiger partial charge in [-0.25, -0.2) is 9.50 Å². The average Bonchev–Trinajstić information content (AvgIpc) is 3.18. The van der Waals surface area contributed by atoms with Crippen molar-refractivity contribution in [2.45, 2.75) is 45.2 Å². The van der Waals surface area contributed by atoms with Gasteiger partial charge in [0.15, 0.2) is 5.65 Å². The summed E-state index contributed by atoms with van der Waals surface area (Å²) in [5.74, 6) is 1.66. The fraction of sp³-hybridized carbons (Fsp3) is 0.455. The van der Waals surface area contributed by atoms with Crippen molar-refractivity contribution in [2.75, 3.05) is 20.8 Å². The van der Waals surface area contributed by atoms with Gasteiger partial charge in [-0.1, -0.05) is 19.4 Å². The highest BCUT2D eigenvalue weighted by Gasteiger charge is 2.28. The predicted octanol–water partition coefficient (Wildman–Crippen LogP) is 3.33. The zero-order valence-corrected chi connectivity index (χ0v) is 17.3. The Balaban J connectivity index is 1.70. The van der Waals surface area contributed by atoms with E-state index in [9.17, 15) is 4.79 Å². The van der Waals surface area contributed by atoms with Crippen LogP contribution in [0.15, 0.2) is 35.1 Å². The van der Waals surface area contributed by atoms with Gasteiger partial charge in [0.25, 0.3) is 5.56 Å². The summed E-state index contributed by atoms with van der Waals surface area (Å²) in [7, 11) is 3.38. The largest absolute Gasteiger partial charge is 0.496 e. The molecule has 29 heavy (non-hydrogen) atoms. The Morgan fingerprint density at radius 3 is 2.62 bits per heavy atom. The van der Waals surface area contributed by atoms with Crippen LogP contribution in [0.1, 0.15) is 49.2 Å². The molecule has 1 unspecified atom stereocenters. The van der Waals surface area contributed by atoms with Gasteiger partial charge in [0, 0.05) is 24.4 Å². The molecule has 0 aliphatic carbocycles. The van der Waals surface area contributed by atoms with Gasteiger partial charge in [0.05, 0.1) is 31.5 Å². The molecule has 2 aromatic heterocycles. The van der Waals surface area contributed by atoms with Crippen LogP contribution in [0.2, 0.25) is 0 Å². The van der Waals surface area contributed by atoms with E-state index < -0.39 is 0 Å². The minimum absolute atomic E-state index is 0.0631. The fourth-order valence-electron chi connectivity index (χ4n) is 4.23. The highest BCUT2D eigenvalue weighted by atomic mass is 16.5. The number of nitrogens with zero attached hydrogens (tertiary/aromatic N) is 3. The number of hydrogen-bond acceptors (Lipinski definition) is 5. The number of benzene rings is 1. The number of piperidine rings is 1. The monoisotopic (exact) mass is 396 g/mol. The van der Waals surface area contributed by atoms with Crippen LogP contribution in [0.3, 0.4) is 0 Å². The number of likely N-dealkylation sites (tertiary alicyclic amines) is 1. The van der Waals surface area contributed by atoms with Gasteiger partial charge in [-0.2, -0.15) is 0 Å². The Bertz CT molecular complexity index is 1030. The molecule has 1 N–H and O–H groups in total. The number of aryl methyl sites for hydroxylation is 1. The SMILES string of the molecule is CCc1cc(=O)n2[nH]c(C3CCCCN3Cc3c(OC)cccc3OC)cc2n1. The van der Waals surface area contributed by atoms with Gasteiger partial charge in [-0.3, -0.25) is 14.8 Å². The van der Waals surface area contributed by atoms with Gasteiger partial charge in [-0.15, -0.1) is 0 Å². The van der Waals surface area contributed by atoms with Gasteiger partial charge in [0.1, 0.15) is 11.5 Å². The van der Waals surface area contributed by atoms with E-state index in [1.165, 1.54) is 0 Å². The van der Waals surface area contributed by atoms with E-state index in [4.69, 9.17) is 9.47 Å². The first-order valence-electron chi connectivity index (χ1n) is 10.2. The number of methoxy groups -OCH3 is 2. The molecule has 0 amide bonds. The molecule has 0 bridgehead atoms. The van der Waals surface area contributed by atoms with E-state index in [-0.39, 0.29) is 11.6 Å². The molecule has 1 aliphatic heterocycles. The lowest BCUT2D eigenvalue weighted by atomic mass is 9.98. The number of nitrogens with one attached hydrogen (secondary N) is 1. The quantitative estimate of drug-likeness (QED) is 0.692. The van der Waals surface area contributed by atoms with Crippen molar-refractivity contribution < 1.29 is 9.47 Å². The minimum Gasteiger partial charge on any atom is -0.496 e. The number of fused-ring (bicyclic) bond motifs is 1. The van der Waals surface area contributed by atoms with Crippen LogP contribution >= 0.6 is 0 Å². The Morgan fingerprint density at radius 2 is 1.93 bits per heavy atom. The number of ether oxygens (including phenoxy) is 2. The van der Waals surface area contributed by atoms with Crippen LogP contribution in [0.25, 0.3) is 5.65 Å². The Morgan fingerprint density at radius 1 is 1.17 bits per heavy atom. The van der Waals surface area contributed by atoms with Crippen molar-refractivity contribution >= 4 is 5.65 Å². The normalized spacial score (nSPS) is 17.6. The number of hydrogen-bond donors (Lipinski definition) is 1. The summed E-state index contributed by atoms with van der Waals surface area (Å²) in [5.41, 5.74) is 3.51. The topological polar surface area (TPSA) is 71.9 Å². The zero-order chi connectivity index (χ0) is 20.4. The summed E-state index contributed by atoms with van der Waals surface area (Å²) < 4.78 is 12.7. The Hall–Kier alpha value is -2.80. The Kier molecular flexibility index (Phi) is 5.58. The second-order valence-electron chi connectivity index (χ2n) is 7.47. The van der Waals surface area contributed by atoms with Crippen LogP contribution in [-0.2, 0) is 13.0 Å². The van der Waals surface area contributed by atoms with Gasteiger partial charge >= 0.3 is 0 Å². The van der Waals surface area contributed by atoms with Crippen molar-refractivity contribution in [3.8, 4) is 11.5 Å². The standard InChI is InChI=1S/C22H28N4O3/c1-4-15-12-22(27)26-21(23-15)13-17(24-26)18-8-5-6-11-25(18)14-16-19(28-2)9-7-10-20(16)29-3/h7,9-10,12-13,18,24H,4-6,8,11,14H2,1-3H3. The summed E-state index contributed by atoms with van der Waals surface area (Å²) >= 11 is 0. The summed E-state index contributed by atoms with van der Waals surface area (Å²) in [4.78, 5) is 19.5. The molecule has 0 radical (unpaired) electrons. The summed E-state index contributed by atoms with van der Waals surface area (Å²) in [6.07, 6.45) is 4.07. The second kappa shape index (κ2) is 8.29. The molecule has 7 heteroatoms. The summed E-state index contributed by atoms with van der Waals surface area (Å²) in [5, 5.41) is 3.30. The molecule has 3 heterocycles. The third kappa shape index (κ3) is 3.74. The molecule has 0 saturated carbocycles. The minimum atomic E-state index is -0.0631. The first-order valence-corrected chi connectivity index (χ1v) is 10.2. The van der Waals surface area contributed by atoms with Gasteiger partial charge in [-0.05, 0) is 37.9 Å². The van der Waals surface area contributed by atoms with Crippen LogP contribution in [0.5, 0.6) is 11.5 Å². The predicted molar refractivity (Wildman–Crippen MR) is 112 cm³/mol. The van der Waals surface area contributed by atoms with Gasteiger partial charge < -0.3 is 9.47 Å². The van der Waals surface area contributed by atoms with Crippen LogP contribution < -0.4 is 15.0 Å². The van der Waals surface area contributed by atoms with Crippen LogP contribution in [0.4, 0.5) is 0 Å². The van der Waals surface area contributed by atoms with E-state index in [0.29, 0.717) is 5.65 Å². The molecule has 1 fully saturated rings. The zero-order valence-electron chi connectivity index (χ0n) is 17.3. The molecule has 1 atom stereocenters. The maximum Gasteiger partial charge on any atom is 0.272 e. The third-order valence-corrected chi connectivity index (χ3v) is 5.75. The first kappa shape index (κ1) is 19.5. The molecular formula is C22H28N4O3. The third-order valence-electron chi connectivity index (χ3n) is 5.75. The van der Waals surface area contributed by atoms with Crippen LogP contribution in [0, 0.1) is 0 Å². The fourth-order valence-corrected chi connectivity index (χ4v) is 4.23. The number of aromatic amines is 1. The van der Waals surface area contributed by atoms with Gasteiger partial charge in [0.2, 0.25) is 0 Å². The molecule has 1 saturated heterocycles. The van der Waals surface area contributed by atoms with Crippen molar-refractivity contribution in [2.24, 2.45) is 0 Å². The van der Waals surface area contributed by atoms with E-state index in [1.807, 2.05) is 31.2 Å². The molecule has 1 aliphatic rings. The summed E-state index contributed by atoms with van der Waals surface area (Å²) in [6.45, 7) is 3.70. The lowest BCUT2D eigenvalue weighted by Crippen LogP contribution is -2.33. The summed E-state index contributed by atoms with van der Waals surface area (Å²) in [6, 6.07) is 9.68. The molecule has 4 rings (SSSR count). The van der Waals surface area contributed by atoms with E-state index in [2.05, 4.69) is 15.0 Å². The smallest absolute Gasteiger partial charge is 0.272 e. The number of aromatic nitrogens is 3. The second-order valence-corrected chi connectivity index (χ2v) is 7.47. The Labute approximate surface area is 170 Å². The van der Waals surface area contributed by atoms with E-state index in [0.717, 1.165) is 67.2 Å². The molecule has 3 aromatic rings.